The summed E-state index contributed by atoms with van der Waals surface area (Å²) in [5.74, 6) is 1.23. The Labute approximate surface area is 107 Å². The number of hydrogen-bond donors (Lipinski definition) is 0. The summed E-state index contributed by atoms with van der Waals surface area (Å²) in [6.45, 7) is 12.0. The maximum atomic E-state index is 11.7. The second-order valence-electron chi connectivity index (χ2n) is 6.56. The zero-order chi connectivity index (χ0) is 12.9. The van der Waals surface area contributed by atoms with E-state index in [9.17, 15) is 4.79 Å². The maximum absolute atomic E-state index is 11.7. The highest BCUT2D eigenvalue weighted by atomic mass is 16.1. The molecule has 100 valence electrons. The number of ketones is 1. The smallest absolute Gasteiger partial charge is 0.146 e. The summed E-state index contributed by atoms with van der Waals surface area (Å²) in [4.78, 5) is 14.0. The monoisotopic (exact) mass is 239 g/mol. The van der Waals surface area contributed by atoms with Gasteiger partial charge < -0.3 is 0 Å². The summed E-state index contributed by atoms with van der Waals surface area (Å²) in [5.41, 5.74) is 0.420. The van der Waals surface area contributed by atoms with Gasteiger partial charge >= 0.3 is 0 Å². The molecule has 0 aliphatic carbocycles. The number of hydrogen-bond acceptors (Lipinski definition) is 2. The van der Waals surface area contributed by atoms with Gasteiger partial charge in [-0.15, -0.1) is 0 Å². The molecule has 0 aromatic heterocycles. The van der Waals surface area contributed by atoms with Crippen LogP contribution in [-0.2, 0) is 4.79 Å². The highest BCUT2D eigenvalue weighted by Crippen LogP contribution is 2.34. The second kappa shape index (κ2) is 6.53. The van der Waals surface area contributed by atoms with Gasteiger partial charge in [-0.05, 0) is 50.1 Å². The lowest BCUT2D eigenvalue weighted by atomic mass is 9.77. The minimum atomic E-state index is 0.418. The van der Waals surface area contributed by atoms with Gasteiger partial charge in [0.2, 0.25) is 0 Å². The van der Waals surface area contributed by atoms with Crippen molar-refractivity contribution in [3.8, 4) is 0 Å². The van der Waals surface area contributed by atoms with E-state index >= 15 is 0 Å². The van der Waals surface area contributed by atoms with E-state index < -0.39 is 0 Å². The van der Waals surface area contributed by atoms with Crippen molar-refractivity contribution < 1.29 is 4.79 Å². The van der Waals surface area contributed by atoms with Gasteiger partial charge in [0, 0.05) is 6.42 Å². The molecule has 1 saturated heterocycles. The predicted molar refractivity (Wildman–Crippen MR) is 73.2 cm³/mol. The van der Waals surface area contributed by atoms with Crippen molar-refractivity contribution in [2.75, 3.05) is 19.6 Å². The van der Waals surface area contributed by atoms with Crippen molar-refractivity contribution in [2.24, 2.45) is 11.3 Å². The molecule has 0 saturated carbocycles. The number of carbonyl (C=O) groups is 1. The lowest BCUT2D eigenvalue weighted by molar-refractivity contribution is -0.120. The molecule has 1 atom stereocenters. The Morgan fingerprint density at radius 3 is 2.53 bits per heavy atom. The maximum Gasteiger partial charge on any atom is 0.146 e. The zero-order valence-electron chi connectivity index (χ0n) is 12.1. The van der Waals surface area contributed by atoms with Crippen LogP contribution in [0.15, 0.2) is 0 Å². The van der Waals surface area contributed by atoms with Gasteiger partial charge in [0.05, 0.1) is 6.54 Å². The predicted octanol–water partition coefficient (Wildman–Crippen LogP) is 3.50. The first-order chi connectivity index (χ1) is 7.93. The molecule has 0 N–H and O–H groups in total. The summed E-state index contributed by atoms with van der Waals surface area (Å²) in [7, 11) is 0. The van der Waals surface area contributed by atoms with E-state index in [4.69, 9.17) is 0 Å². The average Bonchev–Trinajstić information content (AvgIpc) is 2.42. The van der Waals surface area contributed by atoms with Crippen LogP contribution in [0, 0.1) is 11.3 Å². The van der Waals surface area contributed by atoms with Gasteiger partial charge in [-0.25, -0.2) is 0 Å². The molecular formula is C15H29NO. The van der Waals surface area contributed by atoms with Gasteiger partial charge in [0.1, 0.15) is 5.78 Å². The van der Waals surface area contributed by atoms with E-state index in [1.54, 1.807) is 0 Å². The van der Waals surface area contributed by atoms with E-state index in [-0.39, 0.29) is 0 Å². The van der Waals surface area contributed by atoms with Crippen molar-refractivity contribution in [3.63, 3.8) is 0 Å². The van der Waals surface area contributed by atoms with Crippen LogP contribution < -0.4 is 0 Å². The standard InChI is InChI=1S/C15H29NO/c1-5-7-14(17)12-16-10-6-8-13(9-11-16)15(2,3)4/h13H,5-12H2,1-4H3. The fourth-order valence-corrected chi connectivity index (χ4v) is 2.79. The normalized spacial score (nSPS) is 23.4. The second-order valence-corrected chi connectivity index (χ2v) is 6.56. The molecule has 1 aliphatic heterocycles. The molecule has 0 radical (unpaired) electrons. The number of Topliss-reactive ketones (excluding diaryl/α,β-unsaturated/α-hetero) is 1. The third-order valence-electron chi connectivity index (χ3n) is 3.97. The van der Waals surface area contributed by atoms with Crippen LogP contribution in [0.4, 0.5) is 0 Å². The Morgan fingerprint density at radius 2 is 1.94 bits per heavy atom. The topological polar surface area (TPSA) is 20.3 Å². The molecule has 2 nitrogen and oxygen atoms in total. The molecule has 1 aliphatic rings. The first kappa shape index (κ1) is 14.7. The van der Waals surface area contributed by atoms with Crippen LogP contribution in [0.2, 0.25) is 0 Å². The van der Waals surface area contributed by atoms with E-state index in [0.29, 0.717) is 17.7 Å². The lowest BCUT2D eigenvalue weighted by Crippen LogP contribution is -2.31. The molecule has 2 heteroatoms. The number of nitrogens with zero attached hydrogens (tertiary/aromatic N) is 1. The SMILES string of the molecule is CCCC(=O)CN1CCCC(C(C)(C)C)CC1. The largest absolute Gasteiger partial charge is 0.298 e. The van der Waals surface area contributed by atoms with Crippen LogP contribution in [-0.4, -0.2) is 30.3 Å². The molecule has 1 heterocycles. The molecule has 17 heavy (non-hydrogen) atoms. The summed E-state index contributed by atoms with van der Waals surface area (Å²) < 4.78 is 0. The summed E-state index contributed by atoms with van der Waals surface area (Å²) in [6, 6.07) is 0. The summed E-state index contributed by atoms with van der Waals surface area (Å²) in [5, 5.41) is 0. The first-order valence-corrected chi connectivity index (χ1v) is 7.17. The van der Waals surface area contributed by atoms with E-state index in [1.165, 1.54) is 19.3 Å². The van der Waals surface area contributed by atoms with Crippen LogP contribution >= 0.6 is 0 Å². The van der Waals surface area contributed by atoms with Crippen molar-refractivity contribution in [1.82, 2.24) is 4.90 Å². The third kappa shape index (κ3) is 5.20. The highest BCUT2D eigenvalue weighted by molar-refractivity contribution is 5.80. The molecular weight excluding hydrogens is 210 g/mol. The molecule has 0 aromatic carbocycles. The molecule has 1 fully saturated rings. The van der Waals surface area contributed by atoms with E-state index in [1.807, 2.05) is 0 Å². The van der Waals surface area contributed by atoms with Crippen LogP contribution in [0.1, 0.15) is 59.8 Å². The van der Waals surface area contributed by atoms with Crippen molar-refractivity contribution in [1.29, 1.82) is 0 Å². The minimum Gasteiger partial charge on any atom is -0.298 e. The third-order valence-corrected chi connectivity index (χ3v) is 3.97. The summed E-state index contributed by atoms with van der Waals surface area (Å²) in [6.07, 6.45) is 5.56. The quantitative estimate of drug-likeness (QED) is 0.748. The Bertz CT molecular complexity index is 242. The minimum absolute atomic E-state index is 0.418. The fraction of sp³-hybridized carbons (Fsp3) is 0.933. The van der Waals surface area contributed by atoms with Gasteiger partial charge in [-0.2, -0.15) is 0 Å². The van der Waals surface area contributed by atoms with Crippen LogP contribution in [0.3, 0.4) is 0 Å². The Balaban J connectivity index is 2.40. The molecule has 0 bridgehead atoms. The molecule has 0 amide bonds. The Morgan fingerprint density at radius 1 is 1.24 bits per heavy atom. The van der Waals surface area contributed by atoms with Gasteiger partial charge in [-0.3, -0.25) is 9.69 Å². The highest BCUT2D eigenvalue weighted by Gasteiger charge is 2.27. The first-order valence-electron chi connectivity index (χ1n) is 7.17. The van der Waals surface area contributed by atoms with E-state index in [0.717, 1.165) is 31.8 Å². The number of carbonyl (C=O) groups excluding carboxylic acids is 1. The van der Waals surface area contributed by atoms with Gasteiger partial charge in [0.15, 0.2) is 0 Å². The molecule has 1 rings (SSSR count). The van der Waals surface area contributed by atoms with Crippen molar-refractivity contribution >= 4 is 5.78 Å². The lowest BCUT2D eigenvalue weighted by Gasteiger charge is -2.29. The number of rotatable bonds is 4. The molecule has 1 unspecified atom stereocenters. The number of likely N-dealkylation sites (tertiary alicyclic amines) is 1. The average molecular weight is 239 g/mol. The van der Waals surface area contributed by atoms with Crippen molar-refractivity contribution in [2.45, 2.75) is 59.8 Å². The molecule has 0 spiro atoms. The Hall–Kier alpha value is -0.370. The summed E-state index contributed by atoms with van der Waals surface area (Å²) >= 11 is 0. The van der Waals surface area contributed by atoms with Crippen LogP contribution in [0.25, 0.3) is 0 Å². The fourth-order valence-electron chi connectivity index (χ4n) is 2.79. The zero-order valence-corrected chi connectivity index (χ0v) is 12.1. The van der Waals surface area contributed by atoms with Gasteiger partial charge in [-0.1, -0.05) is 27.7 Å². The van der Waals surface area contributed by atoms with E-state index in [2.05, 4.69) is 32.6 Å². The van der Waals surface area contributed by atoms with Crippen LogP contribution in [0.5, 0.6) is 0 Å². The Kier molecular flexibility index (Phi) is 5.64. The van der Waals surface area contributed by atoms with Gasteiger partial charge in [0.25, 0.3) is 0 Å². The van der Waals surface area contributed by atoms with Crippen molar-refractivity contribution in [3.05, 3.63) is 0 Å². The molecule has 0 aromatic rings.